The molecule has 2 aromatic heterocycles. The molecular formula is C24H22FN5O2. The van der Waals surface area contributed by atoms with Crippen molar-refractivity contribution >= 4 is 28.5 Å². The second-order valence-corrected chi connectivity index (χ2v) is 7.98. The number of fused-ring (bicyclic) bond motifs is 1. The van der Waals surface area contributed by atoms with Crippen LogP contribution in [0.2, 0.25) is 0 Å². The molecule has 1 saturated heterocycles. The van der Waals surface area contributed by atoms with Crippen LogP contribution in [0.15, 0.2) is 60.8 Å². The number of halogens is 1. The Kier molecular flexibility index (Phi) is 4.97. The lowest BCUT2D eigenvalue weighted by Crippen LogP contribution is -2.41. The fourth-order valence-electron chi connectivity index (χ4n) is 4.23. The van der Waals surface area contributed by atoms with Gasteiger partial charge in [-0.3, -0.25) is 9.59 Å². The molecule has 1 atom stereocenters. The van der Waals surface area contributed by atoms with Gasteiger partial charge < -0.3 is 15.2 Å². The van der Waals surface area contributed by atoms with Gasteiger partial charge in [0.05, 0.1) is 11.4 Å². The number of rotatable bonds is 5. The van der Waals surface area contributed by atoms with Crippen molar-refractivity contribution in [3.63, 3.8) is 0 Å². The van der Waals surface area contributed by atoms with E-state index in [1.54, 1.807) is 27.8 Å². The number of aryl methyl sites for hydroxylation is 1. The number of hydrogen-bond donors (Lipinski definition) is 2. The van der Waals surface area contributed by atoms with E-state index in [4.69, 9.17) is 0 Å². The Morgan fingerprint density at radius 2 is 2.00 bits per heavy atom. The van der Waals surface area contributed by atoms with E-state index in [1.165, 1.54) is 12.1 Å². The predicted octanol–water partition coefficient (Wildman–Crippen LogP) is 3.93. The van der Waals surface area contributed by atoms with Crippen LogP contribution in [0.5, 0.6) is 0 Å². The highest BCUT2D eigenvalue weighted by Gasteiger charge is 2.36. The summed E-state index contributed by atoms with van der Waals surface area (Å²) in [5.74, 6) is -0.177. The number of para-hydroxylation sites is 1. The first-order chi connectivity index (χ1) is 15.5. The number of amides is 2. The van der Waals surface area contributed by atoms with Gasteiger partial charge in [-0.1, -0.05) is 18.2 Å². The number of benzene rings is 2. The lowest BCUT2D eigenvalue weighted by atomic mass is 10.1. The van der Waals surface area contributed by atoms with E-state index >= 15 is 0 Å². The van der Waals surface area contributed by atoms with Crippen molar-refractivity contribution in [2.75, 3.05) is 5.32 Å². The third kappa shape index (κ3) is 3.64. The molecule has 1 fully saturated rings. The Hall–Kier alpha value is -3.94. The van der Waals surface area contributed by atoms with Gasteiger partial charge >= 0.3 is 0 Å². The molecule has 0 radical (unpaired) electrons. The largest absolute Gasteiger partial charge is 0.361 e. The van der Waals surface area contributed by atoms with Crippen LogP contribution < -0.4 is 5.32 Å². The summed E-state index contributed by atoms with van der Waals surface area (Å²) < 4.78 is 14.9. The van der Waals surface area contributed by atoms with Crippen molar-refractivity contribution in [1.29, 1.82) is 0 Å². The standard InChI is InChI=1S/C24H22FN5O2/c1-15-12-22(30(28-15)18-8-6-17(25)7-9-18)27-24(32)21-10-11-23(31)29(21)14-16-13-26-20-5-3-2-4-19(16)20/h2-9,12-13,21,26H,10-11,14H2,1H3,(H,27,32). The van der Waals surface area contributed by atoms with Crippen LogP contribution >= 0.6 is 0 Å². The average molecular weight is 431 g/mol. The highest BCUT2D eigenvalue weighted by Crippen LogP contribution is 2.27. The Morgan fingerprint density at radius 3 is 2.81 bits per heavy atom. The molecule has 0 spiro atoms. The maximum Gasteiger partial charge on any atom is 0.248 e. The maximum atomic E-state index is 13.3. The zero-order chi connectivity index (χ0) is 22.2. The van der Waals surface area contributed by atoms with Gasteiger partial charge in [-0.2, -0.15) is 5.10 Å². The molecule has 2 aromatic carbocycles. The molecule has 32 heavy (non-hydrogen) atoms. The predicted molar refractivity (Wildman–Crippen MR) is 119 cm³/mol. The van der Waals surface area contributed by atoms with Crippen LogP contribution in [-0.4, -0.2) is 37.5 Å². The van der Waals surface area contributed by atoms with E-state index < -0.39 is 6.04 Å². The number of aromatic nitrogens is 3. The summed E-state index contributed by atoms with van der Waals surface area (Å²) in [4.78, 5) is 30.7. The molecule has 8 heteroatoms. The van der Waals surface area contributed by atoms with Gasteiger partial charge in [-0.15, -0.1) is 0 Å². The normalized spacial score (nSPS) is 16.1. The second kappa shape index (κ2) is 7.96. The first kappa shape index (κ1) is 20.0. The third-order valence-electron chi connectivity index (χ3n) is 5.80. The first-order valence-corrected chi connectivity index (χ1v) is 10.5. The second-order valence-electron chi connectivity index (χ2n) is 7.98. The minimum absolute atomic E-state index is 0.0429. The smallest absolute Gasteiger partial charge is 0.248 e. The topological polar surface area (TPSA) is 83.0 Å². The molecule has 0 aliphatic carbocycles. The minimum Gasteiger partial charge on any atom is -0.361 e. The summed E-state index contributed by atoms with van der Waals surface area (Å²) in [7, 11) is 0. The molecule has 7 nitrogen and oxygen atoms in total. The van der Waals surface area contributed by atoms with Crippen molar-refractivity contribution in [2.45, 2.75) is 32.4 Å². The summed E-state index contributed by atoms with van der Waals surface area (Å²) in [6, 6.07) is 14.9. The zero-order valence-corrected chi connectivity index (χ0v) is 17.5. The molecule has 2 amide bonds. The number of nitrogens with zero attached hydrogens (tertiary/aromatic N) is 3. The number of aromatic amines is 1. The van der Waals surface area contributed by atoms with Gasteiger partial charge in [0.15, 0.2) is 0 Å². The van der Waals surface area contributed by atoms with Crippen LogP contribution in [0, 0.1) is 12.7 Å². The summed E-state index contributed by atoms with van der Waals surface area (Å²) >= 11 is 0. The van der Waals surface area contributed by atoms with Gasteiger partial charge in [-0.25, -0.2) is 9.07 Å². The van der Waals surface area contributed by atoms with Crippen LogP contribution in [0.4, 0.5) is 10.2 Å². The van der Waals surface area contributed by atoms with Crippen LogP contribution in [0.1, 0.15) is 24.1 Å². The molecule has 0 saturated carbocycles. The number of carbonyl (C=O) groups is 2. The molecule has 162 valence electrons. The van der Waals surface area contributed by atoms with E-state index in [9.17, 15) is 14.0 Å². The lowest BCUT2D eigenvalue weighted by molar-refractivity contribution is -0.133. The monoisotopic (exact) mass is 431 g/mol. The number of likely N-dealkylation sites (tertiary alicyclic amines) is 1. The lowest BCUT2D eigenvalue weighted by Gasteiger charge is -2.24. The van der Waals surface area contributed by atoms with Crippen molar-refractivity contribution < 1.29 is 14.0 Å². The van der Waals surface area contributed by atoms with Crippen molar-refractivity contribution in [1.82, 2.24) is 19.7 Å². The number of H-pyrrole nitrogens is 1. The molecule has 3 heterocycles. The fourth-order valence-corrected chi connectivity index (χ4v) is 4.23. The Labute approximate surface area is 183 Å². The van der Waals surface area contributed by atoms with E-state index in [1.807, 2.05) is 37.4 Å². The minimum atomic E-state index is -0.576. The van der Waals surface area contributed by atoms with Gasteiger partial charge in [0, 0.05) is 36.1 Å². The van der Waals surface area contributed by atoms with Gasteiger partial charge in [0.2, 0.25) is 11.8 Å². The Morgan fingerprint density at radius 1 is 1.22 bits per heavy atom. The number of carbonyl (C=O) groups excluding carboxylic acids is 2. The molecule has 5 rings (SSSR count). The van der Waals surface area contributed by atoms with Crippen LogP contribution in [0.25, 0.3) is 16.6 Å². The molecule has 1 unspecified atom stereocenters. The molecule has 0 bridgehead atoms. The summed E-state index contributed by atoms with van der Waals surface area (Å²) in [6.45, 7) is 2.18. The molecular weight excluding hydrogens is 409 g/mol. The molecule has 1 aliphatic heterocycles. The molecule has 2 N–H and O–H groups in total. The summed E-state index contributed by atoms with van der Waals surface area (Å²) in [6.07, 6.45) is 2.67. The molecule has 4 aromatic rings. The highest BCUT2D eigenvalue weighted by molar-refractivity contribution is 5.99. The summed E-state index contributed by atoms with van der Waals surface area (Å²) in [5, 5.41) is 8.37. The van der Waals surface area contributed by atoms with Crippen molar-refractivity contribution in [2.24, 2.45) is 0 Å². The van der Waals surface area contributed by atoms with E-state index in [0.717, 1.165) is 16.5 Å². The Bertz CT molecular complexity index is 1310. The van der Waals surface area contributed by atoms with Gasteiger partial charge in [0.25, 0.3) is 0 Å². The van der Waals surface area contributed by atoms with Crippen molar-refractivity contribution in [3.8, 4) is 5.69 Å². The number of anilines is 1. The first-order valence-electron chi connectivity index (χ1n) is 10.5. The van der Waals surface area contributed by atoms with Crippen LogP contribution in [0.3, 0.4) is 0 Å². The van der Waals surface area contributed by atoms with E-state index in [2.05, 4.69) is 15.4 Å². The van der Waals surface area contributed by atoms with Gasteiger partial charge in [0.1, 0.15) is 17.7 Å². The fraction of sp³-hybridized carbons (Fsp3) is 0.208. The van der Waals surface area contributed by atoms with E-state index in [0.29, 0.717) is 36.6 Å². The van der Waals surface area contributed by atoms with E-state index in [-0.39, 0.29) is 17.6 Å². The van der Waals surface area contributed by atoms with Crippen LogP contribution in [-0.2, 0) is 16.1 Å². The molecule has 1 aliphatic rings. The Balaban J connectivity index is 1.38. The zero-order valence-electron chi connectivity index (χ0n) is 17.5. The quantitative estimate of drug-likeness (QED) is 0.502. The van der Waals surface area contributed by atoms with Crippen molar-refractivity contribution in [3.05, 3.63) is 77.9 Å². The number of nitrogens with one attached hydrogen (secondary N) is 2. The number of hydrogen-bond acceptors (Lipinski definition) is 3. The maximum absolute atomic E-state index is 13.3. The summed E-state index contributed by atoms with van der Waals surface area (Å²) in [5.41, 5.74) is 3.31. The highest BCUT2D eigenvalue weighted by atomic mass is 19.1. The third-order valence-corrected chi connectivity index (χ3v) is 5.80. The SMILES string of the molecule is Cc1cc(NC(=O)C2CCC(=O)N2Cc2c[nH]c3ccccc23)n(-c2ccc(F)cc2)n1. The van der Waals surface area contributed by atoms with Gasteiger partial charge in [-0.05, 0) is 49.2 Å². The average Bonchev–Trinajstić information content (AvgIpc) is 3.47.